The fraction of sp³-hybridized carbons (Fsp3) is 0.0833. The third-order valence-electron chi connectivity index (χ3n) is 4.48. The molecular formula is C24H19BrCl2N4O4. The highest BCUT2D eigenvalue weighted by molar-refractivity contribution is 9.10. The monoisotopic (exact) mass is 576 g/mol. The first kappa shape index (κ1) is 26.2. The number of anilines is 2. The maximum Gasteiger partial charge on any atom is 0.329 e. The Kier molecular flexibility index (Phi) is 9.25. The van der Waals surface area contributed by atoms with Crippen molar-refractivity contribution >= 4 is 74.4 Å². The van der Waals surface area contributed by atoms with Crippen LogP contribution in [0.4, 0.5) is 11.4 Å². The van der Waals surface area contributed by atoms with Gasteiger partial charge < -0.3 is 15.4 Å². The summed E-state index contributed by atoms with van der Waals surface area (Å²) in [6.45, 7) is 1.69. The second-order valence-corrected chi connectivity index (χ2v) is 8.82. The topological polar surface area (TPSA) is 109 Å². The SMILES string of the molecule is Cc1cc(Br)ccc1NC(=O)COc1cccc(/C=N\NC(=O)C(=O)Nc2cccc(Cl)c2Cl)c1. The molecule has 0 atom stereocenters. The van der Waals surface area contributed by atoms with Gasteiger partial charge in [0, 0.05) is 10.2 Å². The van der Waals surface area contributed by atoms with Crippen LogP contribution < -0.4 is 20.8 Å². The van der Waals surface area contributed by atoms with Crippen molar-refractivity contribution in [1.82, 2.24) is 5.43 Å². The minimum atomic E-state index is -0.996. The van der Waals surface area contributed by atoms with E-state index in [1.807, 2.05) is 19.1 Å². The highest BCUT2D eigenvalue weighted by Crippen LogP contribution is 2.29. The number of nitrogens with zero attached hydrogens (tertiary/aromatic N) is 1. The van der Waals surface area contributed by atoms with Gasteiger partial charge in [-0.15, -0.1) is 0 Å². The van der Waals surface area contributed by atoms with Crippen LogP contribution in [-0.4, -0.2) is 30.5 Å². The average Bonchev–Trinajstić information content (AvgIpc) is 2.82. The van der Waals surface area contributed by atoms with Crippen LogP contribution in [-0.2, 0) is 14.4 Å². The molecule has 0 aliphatic heterocycles. The van der Waals surface area contributed by atoms with E-state index >= 15 is 0 Å². The number of hydrazone groups is 1. The van der Waals surface area contributed by atoms with Gasteiger partial charge in [-0.1, -0.05) is 57.3 Å². The van der Waals surface area contributed by atoms with Gasteiger partial charge in [0.05, 0.1) is 21.9 Å². The smallest absolute Gasteiger partial charge is 0.329 e. The van der Waals surface area contributed by atoms with Gasteiger partial charge >= 0.3 is 11.8 Å². The second-order valence-electron chi connectivity index (χ2n) is 7.12. The zero-order valence-corrected chi connectivity index (χ0v) is 21.4. The molecule has 0 saturated heterocycles. The summed E-state index contributed by atoms with van der Waals surface area (Å²) in [7, 11) is 0. The molecule has 0 aromatic heterocycles. The molecule has 0 bridgehead atoms. The van der Waals surface area contributed by atoms with Gasteiger partial charge in [0.25, 0.3) is 5.91 Å². The van der Waals surface area contributed by atoms with Crippen LogP contribution in [0.5, 0.6) is 5.75 Å². The van der Waals surface area contributed by atoms with Gasteiger partial charge in [-0.3, -0.25) is 14.4 Å². The van der Waals surface area contributed by atoms with Crippen molar-refractivity contribution in [1.29, 1.82) is 0 Å². The fourth-order valence-electron chi connectivity index (χ4n) is 2.78. The lowest BCUT2D eigenvalue weighted by atomic mass is 10.2. The molecule has 3 amide bonds. The number of carbonyl (C=O) groups excluding carboxylic acids is 3. The van der Waals surface area contributed by atoms with E-state index in [-0.39, 0.29) is 28.2 Å². The molecule has 180 valence electrons. The normalized spacial score (nSPS) is 10.6. The van der Waals surface area contributed by atoms with Crippen molar-refractivity contribution in [3.63, 3.8) is 0 Å². The Bertz CT molecular complexity index is 1300. The highest BCUT2D eigenvalue weighted by atomic mass is 79.9. The molecule has 0 aliphatic rings. The summed E-state index contributed by atoms with van der Waals surface area (Å²) in [6, 6.07) is 16.9. The average molecular weight is 578 g/mol. The molecule has 3 aromatic rings. The van der Waals surface area contributed by atoms with Crippen LogP contribution in [0.25, 0.3) is 0 Å². The lowest BCUT2D eigenvalue weighted by molar-refractivity contribution is -0.136. The summed E-state index contributed by atoms with van der Waals surface area (Å²) >= 11 is 15.3. The molecule has 0 spiro atoms. The predicted molar refractivity (Wildman–Crippen MR) is 140 cm³/mol. The van der Waals surface area contributed by atoms with E-state index in [4.69, 9.17) is 27.9 Å². The highest BCUT2D eigenvalue weighted by Gasteiger charge is 2.15. The molecule has 35 heavy (non-hydrogen) atoms. The van der Waals surface area contributed by atoms with Crippen molar-refractivity contribution in [3.8, 4) is 5.75 Å². The number of carbonyl (C=O) groups is 3. The molecule has 0 unspecified atom stereocenters. The number of halogens is 3. The summed E-state index contributed by atoms with van der Waals surface area (Å²) in [5, 5.41) is 9.28. The molecule has 0 radical (unpaired) electrons. The van der Waals surface area contributed by atoms with E-state index in [0.29, 0.717) is 17.0 Å². The van der Waals surface area contributed by atoms with Crippen LogP contribution in [0.2, 0.25) is 10.0 Å². The van der Waals surface area contributed by atoms with E-state index in [9.17, 15) is 14.4 Å². The minimum Gasteiger partial charge on any atom is -0.484 e. The van der Waals surface area contributed by atoms with Crippen molar-refractivity contribution in [3.05, 3.63) is 86.3 Å². The lowest BCUT2D eigenvalue weighted by Crippen LogP contribution is -2.32. The molecule has 0 fully saturated rings. The number of ether oxygens (including phenoxy) is 1. The molecule has 0 aliphatic carbocycles. The van der Waals surface area contributed by atoms with Crippen molar-refractivity contribution in [2.75, 3.05) is 17.2 Å². The van der Waals surface area contributed by atoms with Gasteiger partial charge in [0.1, 0.15) is 5.75 Å². The zero-order valence-electron chi connectivity index (χ0n) is 18.3. The molecule has 3 N–H and O–H groups in total. The van der Waals surface area contributed by atoms with E-state index in [2.05, 4.69) is 37.1 Å². The number of aryl methyl sites for hydroxylation is 1. The number of rotatable bonds is 7. The van der Waals surface area contributed by atoms with E-state index in [1.54, 1.807) is 42.5 Å². The van der Waals surface area contributed by atoms with Crippen molar-refractivity contribution in [2.45, 2.75) is 6.92 Å². The molecule has 0 heterocycles. The lowest BCUT2D eigenvalue weighted by Gasteiger charge is -2.10. The van der Waals surface area contributed by atoms with Crippen LogP contribution in [0.15, 0.2) is 70.2 Å². The van der Waals surface area contributed by atoms with Crippen LogP contribution in [0.1, 0.15) is 11.1 Å². The van der Waals surface area contributed by atoms with Crippen LogP contribution in [0.3, 0.4) is 0 Å². The van der Waals surface area contributed by atoms with Crippen LogP contribution in [0, 0.1) is 6.92 Å². The minimum absolute atomic E-state index is 0.122. The first-order valence-electron chi connectivity index (χ1n) is 10.1. The number of amides is 3. The van der Waals surface area contributed by atoms with Gasteiger partial charge in [-0.25, -0.2) is 5.43 Å². The Morgan fingerprint density at radius 1 is 0.971 bits per heavy atom. The Hall–Kier alpha value is -3.40. The number of hydrogen-bond acceptors (Lipinski definition) is 5. The quantitative estimate of drug-likeness (QED) is 0.204. The summed E-state index contributed by atoms with van der Waals surface area (Å²) in [6.07, 6.45) is 1.33. The predicted octanol–water partition coefficient (Wildman–Crippen LogP) is 5.17. The molecule has 0 saturated carbocycles. The van der Waals surface area contributed by atoms with Gasteiger partial charge in [0.15, 0.2) is 6.61 Å². The number of nitrogens with one attached hydrogen (secondary N) is 3. The summed E-state index contributed by atoms with van der Waals surface area (Å²) in [4.78, 5) is 36.2. The second kappa shape index (κ2) is 12.3. The largest absolute Gasteiger partial charge is 0.484 e. The molecule has 3 aromatic carbocycles. The molecule has 11 heteroatoms. The van der Waals surface area contributed by atoms with Gasteiger partial charge in [-0.05, 0) is 60.5 Å². The molecular weight excluding hydrogens is 559 g/mol. The zero-order chi connectivity index (χ0) is 25.4. The standard InChI is InChI=1S/C24H19BrCl2N4O4/c1-14-10-16(25)8-9-19(14)29-21(32)13-35-17-5-2-4-15(11-17)12-28-31-24(34)23(33)30-20-7-3-6-18(26)22(20)27/h2-12H,13H2,1H3,(H,29,32)(H,30,33)(H,31,34)/b28-12-. The van der Waals surface area contributed by atoms with E-state index < -0.39 is 11.8 Å². The Morgan fingerprint density at radius 2 is 1.74 bits per heavy atom. The first-order valence-corrected chi connectivity index (χ1v) is 11.6. The number of hydrogen-bond donors (Lipinski definition) is 3. The van der Waals surface area contributed by atoms with Crippen molar-refractivity contribution in [2.24, 2.45) is 5.10 Å². The van der Waals surface area contributed by atoms with Crippen molar-refractivity contribution < 1.29 is 19.1 Å². The van der Waals surface area contributed by atoms with Gasteiger partial charge in [0.2, 0.25) is 0 Å². The summed E-state index contributed by atoms with van der Waals surface area (Å²) < 4.78 is 6.46. The maximum absolute atomic E-state index is 12.2. The Balaban J connectivity index is 1.50. The van der Waals surface area contributed by atoms with Gasteiger partial charge in [-0.2, -0.15) is 5.10 Å². The molecule has 3 rings (SSSR count). The fourth-order valence-corrected chi connectivity index (χ4v) is 3.61. The number of benzene rings is 3. The Labute approximate surface area is 219 Å². The first-order chi connectivity index (χ1) is 16.7. The third-order valence-corrected chi connectivity index (χ3v) is 5.79. The Morgan fingerprint density at radius 3 is 2.51 bits per heavy atom. The third kappa shape index (κ3) is 7.81. The van der Waals surface area contributed by atoms with Crippen LogP contribution >= 0.6 is 39.1 Å². The summed E-state index contributed by atoms with van der Waals surface area (Å²) in [5.74, 6) is -1.84. The summed E-state index contributed by atoms with van der Waals surface area (Å²) in [5.41, 5.74) is 4.51. The van der Waals surface area contributed by atoms with E-state index in [0.717, 1.165) is 10.0 Å². The van der Waals surface area contributed by atoms with E-state index in [1.165, 1.54) is 12.3 Å². The maximum atomic E-state index is 12.2. The molecule has 8 nitrogen and oxygen atoms in total.